The summed E-state index contributed by atoms with van der Waals surface area (Å²) in [6.07, 6.45) is 1.43. The number of carbonyl (C=O) groups is 1. The van der Waals surface area contributed by atoms with Gasteiger partial charge < -0.3 is 15.2 Å². The van der Waals surface area contributed by atoms with Gasteiger partial charge in [-0.3, -0.25) is 4.79 Å². The number of nitrogens with one attached hydrogen (secondary N) is 1. The lowest BCUT2D eigenvalue weighted by Crippen LogP contribution is -2.20. The first-order valence-corrected chi connectivity index (χ1v) is 10.0. The Balaban J connectivity index is 1.71. The number of hydrogen-bond donors (Lipinski definition) is 2. The van der Waals surface area contributed by atoms with Gasteiger partial charge in [-0.25, -0.2) is 10.4 Å². The maximum atomic E-state index is 12.3. The van der Waals surface area contributed by atoms with E-state index in [0.717, 1.165) is 5.56 Å². The van der Waals surface area contributed by atoms with Crippen molar-refractivity contribution in [3.63, 3.8) is 0 Å². The fourth-order valence-corrected chi connectivity index (χ4v) is 3.12. The first-order valence-electron chi connectivity index (χ1n) is 8.88. The van der Waals surface area contributed by atoms with Crippen molar-refractivity contribution in [3.05, 3.63) is 80.6 Å². The molecule has 3 rings (SSSR count). The molecule has 0 radical (unpaired) electrons. The highest BCUT2D eigenvalue weighted by atomic mass is 35.5. The molecule has 0 aliphatic rings. The molecule has 1 aromatic heterocycles. The summed E-state index contributed by atoms with van der Waals surface area (Å²) in [5.41, 5.74) is 9.50. The van der Waals surface area contributed by atoms with E-state index in [0.29, 0.717) is 23.7 Å². The van der Waals surface area contributed by atoms with Crippen molar-refractivity contribution in [2.75, 3.05) is 12.8 Å². The number of pyridine rings is 1. The summed E-state index contributed by atoms with van der Waals surface area (Å²) in [6.45, 7) is 0.372. The van der Waals surface area contributed by atoms with E-state index in [1.54, 1.807) is 25.3 Å². The lowest BCUT2D eigenvalue weighted by atomic mass is 10.2. The first-order chi connectivity index (χ1) is 14.9. The minimum Gasteiger partial charge on any atom is -0.493 e. The molecule has 31 heavy (non-hydrogen) atoms. The first kappa shape index (κ1) is 22.7. The fourth-order valence-electron chi connectivity index (χ4n) is 2.52. The highest BCUT2D eigenvalue weighted by Gasteiger charge is 2.19. The van der Waals surface area contributed by atoms with Crippen LogP contribution in [0.5, 0.6) is 11.5 Å². The second-order valence-corrected chi connectivity index (χ2v) is 7.29. The molecule has 1 amide bonds. The second-order valence-electron chi connectivity index (χ2n) is 6.18. The summed E-state index contributed by atoms with van der Waals surface area (Å²) in [5.74, 6) is 0.406. The van der Waals surface area contributed by atoms with Crippen LogP contribution in [0, 0.1) is 0 Å². The van der Waals surface area contributed by atoms with Crippen molar-refractivity contribution in [2.24, 2.45) is 5.10 Å². The number of nitrogen functional groups attached to an aromatic ring is 1. The van der Waals surface area contributed by atoms with Crippen LogP contribution < -0.4 is 20.6 Å². The number of hydrazone groups is 1. The minimum absolute atomic E-state index is 0.0204. The number of methoxy groups -OCH3 is 1. The van der Waals surface area contributed by atoms with Crippen LogP contribution in [-0.4, -0.2) is 24.2 Å². The molecule has 0 saturated heterocycles. The number of aromatic nitrogens is 1. The Bertz CT molecular complexity index is 1120. The van der Waals surface area contributed by atoms with Gasteiger partial charge in [-0.1, -0.05) is 65.1 Å². The van der Waals surface area contributed by atoms with Gasteiger partial charge in [-0.15, -0.1) is 0 Å². The van der Waals surface area contributed by atoms with Gasteiger partial charge in [0.2, 0.25) is 0 Å². The molecule has 0 aliphatic carbocycles. The average Bonchev–Trinajstić information content (AvgIpc) is 2.79. The standard InChI is InChI=1S/C21H17Cl3N4O3/c1-30-14-8-7-13(9-15(14)31-11-12-5-3-2-4-6-12)10-26-28-21(29)19-16(22)18(25)17(23)20(24)27-19/h2-10H,11H2,1H3,(H2,25,27)(H,28,29)/b26-10+. The van der Waals surface area contributed by atoms with E-state index in [2.05, 4.69) is 15.5 Å². The maximum absolute atomic E-state index is 12.3. The zero-order valence-electron chi connectivity index (χ0n) is 16.2. The van der Waals surface area contributed by atoms with Crippen LogP contribution >= 0.6 is 34.8 Å². The molecule has 0 fully saturated rings. The van der Waals surface area contributed by atoms with Crippen LogP contribution in [0.4, 0.5) is 5.69 Å². The second kappa shape index (κ2) is 10.3. The number of anilines is 1. The minimum atomic E-state index is -0.694. The van der Waals surface area contributed by atoms with Crippen molar-refractivity contribution in [3.8, 4) is 11.5 Å². The van der Waals surface area contributed by atoms with Crippen LogP contribution in [0.25, 0.3) is 0 Å². The Labute approximate surface area is 193 Å². The number of amides is 1. The maximum Gasteiger partial charge on any atom is 0.291 e. The number of halogens is 3. The summed E-state index contributed by atoms with van der Waals surface area (Å²) < 4.78 is 11.2. The normalized spacial score (nSPS) is 10.8. The van der Waals surface area contributed by atoms with E-state index in [9.17, 15) is 4.79 Å². The van der Waals surface area contributed by atoms with Gasteiger partial charge in [-0.05, 0) is 29.3 Å². The Kier molecular flexibility index (Phi) is 7.57. The highest BCUT2D eigenvalue weighted by Crippen LogP contribution is 2.34. The molecule has 0 unspecified atom stereocenters. The van der Waals surface area contributed by atoms with Crippen molar-refractivity contribution < 1.29 is 14.3 Å². The molecular formula is C21H17Cl3N4O3. The molecule has 3 N–H and O–H groups in total. The van der Waals surface area contributed by atoms with Crippen LogP contribution in [0.2, 0.25) is 15.2 Å². The molecule has 0 aliphatic heterocycles. The smallest absolute Gasteiger partial charge is 0.291 e. The quantitative estimate of drug-likeness (QED) is 0.283. The Morgan fingerprint density at radius 1 is 1.13 bits per heavy atom. The van der Waals surface area contributed by atoms with E-state index in [4.69, 9.17) is 50.0 Å². The highest BCUT2D eigenvalue weighted by molar-refractivity contribution is 6.46. The molecular weight excluding hydrogens is 463 g/mol. The lowest BCUT2D eigenvalue weighted by molar-refractivity contribution is 0.0950. The third-order valence-electron chi connectivity index (χ3n) is 4.09. The monoisotopic (exact) mass is 478 g/mol. The molecule has 0 saturated carbocycles. The number of carbonyl (C=O) groups excluding carboxylic acids is 1. The average molecular weight is 480 g/mol. The van der Waals surface area contributed by atoms with Crippen molar-refractivity contribution in [2.45, 2.75) is 6.61 Å². The van der Waals surface area contributed by atoms with E-state index in [-0.39, 0.29) is 26.6 Å². The predicted molar refractivity (Wildman–Crippen MR) is 123 cm³/mol. The summed E-state index contributed by atoms with van der Waals surface area (Å²) in [5, 5.41) is 3.66. The van der Waals surface area contributed by atoms with Crippen LogP contribution in [-0.2, 0) is 6.61 Å². The van der Waals surface area contributed by atoms with Crippen LogP contribution in [0.1, 0.15) is 21.6 Å². The van der Waals surface area contributed by atoms with Gasteiger partial charge in [-0.2, -0.15) is 5.10 Å². The molecule has 0 bridgehead atoms. The van der Waals surface area contributed by atoms with Crippen molar-refractivity contribution >= 4 is 52.6 Å². The van der Waals surface area contributed by atoms with E-state index in [1.165, 1.54) is 6.21 Å². The number of benzene rings is 2. The zero-order valence-corrected chi connectivity index (χ0v) is 18.5. The predicted octanol–water partition coefficient (Wildman–Crippen LogP) is 4.98. The zero-order chi connectivity index (χ0) is 22.4. The topological polar surface area (TPSA) is 98.8 Å². The van der Waals surface area contributed by atoms with Crippen molar-refractivity contribution in [1.29, 1.82) is 0 Å². The molecule has 0 spiro atoms. The van der Waals surface area contributed by atoms with Gasteiger partial charge in [0.1, 0.15) is 11.6 Å². The summed E-state index contributed by atoms with van der Waals surface area (Å²) in [6, 6.07) is 15.0. The molecule has 0 atom stereocenters. The van der Waals surface area contributed by atoms with E-state index in [1.807, 2.05) is 30.3 Å². The fraction of sp³-hybridized carbons (Fsp3) is 0.0952. The number of hydrogen-bond acceptors (Lipinski definition) is 6. The Morgan fingerprint density at radius 3 is 2.58 bits per heavy atom. The number of ether oxygens (including phenoxy) is 2. The SMILES string of the molecule is COc1ccc(/C=N/NC(=O)c2nc(Cl)c(Cl)c(N)c2Cl)cc1OCc1ccccc1. The number of rotatable bonds is 7. The molecule has 160 valence electrons. The van der Waals surface area contributed by atoms with Crippen LogP contribution in [0.15, 0.2) is 53.6 Å². The Morgan fingerprint density at radius 2 is 1.87 bits per heavy atom. The third-order valence-corrected chi connectivity index (χ3v) is 5.23. The molecule has 7 nitrogen and oxygen atoms in total. The summed E-state index contributed by atoms with van der Waals surface area (Å²) in [7, 11) is 1.55. The van der Waals surface area contributed by atoms with E-state index >= 15 is 0 Å². The summed E-state index contributed by atoms with van der Waals surface area (Å²) >= 11 is 17.7. The van der Waals surface area contributed by atoms with Crippen molar-refractivity contribution in [1.82, 2.24) is 10.4 Å². The van der Waals surface area contributed by atoms with Gasteiger partial charge in [0.05, 0.1) is 24.0 Å². The molecule has 2 aromatic carbocycles. The summed E-state index contributed by atoms with van der Waals surface area (Å²) in [4.78, 5) is 16.2. The number of nitrogens with zero attached hydrogens (tertiary/aromatic N) is 2. The largest absolute Gasteiger partial charge is 0.493 e. The Hall–Kier alpha value is -3.00. The lowest BCUT2D eigenvalue weighted by Gasteiger charge is -2.11. The van der Waals surface area contributed by atoms with E-state index < -0.39 is 5.91 Å². The van der Waals surface area contributed by atoms with Gasteiger partial charge in [0.25, 0.3) is 5.91 Å². The van der Waals surface area contributed by atoms with Gasteiger partial charge in [0, 0.05) is 0 Å². The van der Waals surface area contributed by atoms with Gasteiger partial charge >= 0.3 is 0 Å². The molecule has 1 heterocycles. The number of nitrogens with two attached hydrogens (primary N) is 1. The molecule has 3 aromatic rings. The van der Waals surface area contributed by atoms with Gasteiger partial charge in [0.15, 0.2) is 22.3 Å². The third kappa shape index (κ3) is 5.58. The molecule has 10 heteroatoms. The van der Waals surface area contributed by atoms with Crippen LogP contribution in [0.3, 0.4) is 0 Å².